The Morgan fingerprint density at radius 2 is 1.80 bits per heavy atom. The fourth-order valence-corrected chi connectivity index (χ4v) is 5.84. The Balaban J connectivity index is 1.61. The minimum atomic E-state index is -3.50. The number of ether oxygens (including phenoxy) is 2. The SMILES string of the molecule is NC(=O)c1c(F)c(Cl)c(OC(F)F)c(F)c1-c1cccc2c1C[C@@](CN[C@H]1CC[C@H](O)CC1)(c1ccccc1)O2. The number of benzene rings is 3. The van der Waals surface area contributed by atoms with Crippen molar-refractivity contribution in [2.45, 2.75) is 56.5 Å². The number of fused-ring (bicyclic) bond motifs is 1. The lowest BCUT2D eigenvalue weighted by Crippen LogP contribution is -2.46. The van der Waals surface area contributed by atoms with E-state index in [0.717, 1.165) is 18.4 Å². The maximum atomic E-state index is 15.8. The predicted octanol–water partition coefficient (Wildman–Crippen LogP) is 5.71. The van der Waals surface area contributed by atoms with E-state index in [1.165, 1.54) is 12.1 Å². The molecule has 0 unspecified atom stereocenters. The molecule has 1 atom stereocenters. The molecule has 1 aliphatic carbocycles. The van der Waals surface area contributed by atoms with E-state index in [4.69, 9.17) is 22.1 Å². The Morgan fingerprint density at radius 3 is 2.45 bits per heavy atom. The van der Waals surface area contributed by atoms with Gasteiger partial charge in [-0.3, -0.25) is 4.79 Å². The van der Waals surface area contributed by atoms with Crippen LogP contribution in [0.1, 0.15) is 47.2 Å². The molecule has 1 aliphatic heterocycles. The minimum absolute atomic E-state index is 0.0390. The lowest BCUT2D eigenvalue weighted by atomic mass is 9.84. The zero-order valence-electron chi connectivity index (χ0n) is 21.2. The van der Waals surface area contributed by atoms with Crippen LogP contribution in [0.2, 0.25) is 5.02 Å². The third-order valence-electron chi connectivity index (χ3n) is 7.58. The van der Waals surface area contributed by atoms with Crippen molar-refractivity contribution in [2.24, 2.45) is 5.73 Å². The normalized spacial score (nSPS) is 22.2. The largest absolute Gasteiger partial charge is 0.481 e. The summed E-state index contributed by atoms with van der Waals surface area (Å²) < 4.78 is 67.9. The Morgan fingerprint density at radius 1 is 1.10 bits per heavy atom. The number of carbonyl (C=O) groups excluding carboxylic acids is 1. The van der Waals surface area contributed by atoms with Gasteiger partial charge in [-0.05, 0) is 42.9 Å². The molecule has 0 bridgehead atoms. The summed E-state index contributed by atoms with van der Waals surface area (Å²) in [5.41, 5.74) is 4.22. The number of amides is 1. The van der Waals surface area contributed by atoms with E-state index >= 15 is 8.78 Å². The lowest BCUT2D eigenvalue weighted by molar-refractivity contribution is -0.0522. The topological polar surface area (TPSA) is 93.8 Å². The molecule has 6 nitrogen and oxygen atoms in total. The van der Waals surface area contributed by atoms with Crippen LogP contribution < -0.4 is 20.5 Å². The smallest absolute Gasteiger partial charge is 0.387 e. The number of primary amides is 1. The summed E-state index contributed by atoms with van der Waals surface area (Å²) in [6.45, 7) is -3.15. The molecule has 5 rings (SSSR count). The Hall–Kier alpha value is -3.34. The summed E-state index contributed by atoms with van der Waals surface area (Å²) >= 11 is 5.79. The van der Waals surface area contributed by atoms with Gasteiger partial charge in [-0.2, -0.15) is 8.78 Å². The van der Waals surface area contributed by atoms with Crippen LogP contribution >= 0.6 is 11.6 Å². The zero-order chi connectivity index (χ0) is 28.6. The van der Waals surface area contributed by atoms with Crippen LogP contribution in [0, 0.1) is 11.6 Å². The van der Waals surface area contributed by atoms with Gasteiger partial charge in [0.1, 0.15) is 10.8 Å². The fraction of sp³-hybridized carbons (Fsp3) is 0.345. The van der Waals surface area contributed by atoms with Gasteiger partial charge in [0.15, 0.2) is 23.0 Å². The van der Waals surface area contributed by atoms with Gasteiger partial charge in [0.05, 0.1) is 11.7 Å². The summed E-state index contributed by atoms with van der Waals surface area (Å²) in [6, 6.07) is 14.1. The number of carbonyl (C=O) groups is 1. The van der Waals surface area contributed by atoms with Gasteiger partial charge in [-0.25, -0.2) is 8.78 Å². The number of nitrogens with two attached hydrogens (primary N) is 1. The molecule has 3 aromatic carbocycles. The van der Waals surface area contributed by atoms with Gasteiger partial charge in [0.2, 0.25) is 0 Å². The van der Waals surface area contributed by atoms with Crippen LogP contribution in [-0.2, 0) is 12.0 Å². The number of alkyl halides is 2. The van der Waals surface area contributed by atoms with Crippen molar-refractivity contribution in [1.82, 2.24) is 5.32 Å². The first kappa shape index (κ1) is 28.2. The highest BCUT2D eigenvalue weighted by Crippen LogP contribution is 2.49. The molecule has 1 amide bonds. The summed E-state index contributed by atoms with van der Waals surface area (Å²) in [5.74, 6) is -5.10. The highest BCUT2D eigenvalue weighted by molar-refractivity contribution is 6.33. The molecule has 1 heterocycles. The summed E-state index contributed by atoms with van der Waals surface area (Å²) in [6.07, 6.45) is 2.80. The third-order valence-corrected chi connectivity index (χ3v) is 7.91. The molecular weight excluding hydrogens is 552 g/mol. The number of halogens is 5. The molecule has 212 valence electrons. The highest BCUT2D eigenvalue weighted by Gasteiger charge is 2.43. The van der Waals surface area contributed by atoms with Gasteiger partial charge in [-0.15, -0.1) is 0 Å². The Bertz CT molecular complexity index is 1420. The summed E-state index contributed by atoms with van der Waals surface area (Å²) in [7, 11) is 0. The van der Waals surface area contributed by atoms with Gasteiger partial charge in [-0.1, -0.05) is 54.1 Å². The van der Waals surface area contributed by atoms with Gasteiger partial charge in [0.25, 0.3) is 5.91 Å². The number of hydrogen-bond acceptors (Lipinski definition) is 5. The van der Waals surface area contributed by atoms with E-state index in [1.54, 1.807) is 6.07 Å². The van der Waals surface area contributed by atoms with Crippen molar-refractivity contribution in [3.8, 4) is 22.6 Å². The molecule has 11 heteroatoms. The van der Waals surface area contributed by atoms with Gasteiger partial charge < -0.3 is 25.6 Å². The molecule has 1 fully saturated rings. The molecule has 40 heavy (non-hydrogen) atoms. The van der Waals surface area contributed by atoms with Crippen LogP contribution in [0.3, 0.4) is 0 Å². The first-order valence-corrected chi connectivity index (χ1v) is 13.2. The fourth-order valence-electron chi connectivity index (χ4n) is 5.62. The van der Waals surface area contributed by atoms with Crippen molar-refractivity contribution in [1.29, 1.82) is 0 Å². The first-order chi connectivity index (χ1) is 19.1. The molecule has 0 saturated heterocycles. The number of hydrogen-bond donors (Lipinski definition) is 3. The monoisotopic (exact) mass is 578 g/mol. The summed E-state index contributed by atoms with van der Waals surface area (Å²) in [4.78, 5) is 12.3. The second-order valence-electron chi connectivity index (χ2n) is 10.1. The van der Waals surface area contributed by atoms with Crippen molar-refractivity contribution in [3.05, 3.63) is 81.9 Å². The van der Waals surface area contributed by atoms with Crippen LogP contribution in [-0.4, -0.2) is 36.3 Å². The standard InChI is InChI=1S/C29H27ClF4N2O4/c30-23-24(31)22(27(35)38)21(25(32)26(23)39-28(33)34)18-7-4-8-20-19(18)13-29(40-20,15-5-2-1-3-6-15)14-36-16-9-11-17(37)12-10-16/h1-8,16-17,28,36-37H,9-14H2,(H2,35,38)/t16-,17-,29-/m1/s1. The summed E-state index contributed by atoms with van der Waals surface area (Å²) in [5, 5.41) is 12.3. The number of aliphatic hydroxyl groups excluding tert-OH is 1. The predicted molar refractivity (Wildman–Crippen MR) is 141 cm³/mol. The molecule has 0 spiro atoms. The average molecular weight is 579 g/mol. The molecular formula is C29H27ClF4N2O4. The number of nitrogens with one attached hydrogen (secondary N) is 1. The van der Waals surface area contributed by atoms with Crippen LogP contribution in [0.25, 0.3) is 11.1 Å². The lowest BCUT2D eigenvalue weighted by Gasteiger charge is -2.34. The second kappa shape index (κ2) is 11.3. The zero-order valence-corrected chi connectivity index (χ0v) is 22.0. The maximum Gasteiger partial charge on any atom is 0.387 e. The molecule has 3 aromatic rings. The van der Waals surface area contributed by atoms with Crippen molar-refractivity contribution >= 4 is 17.5 Å². The minimum Gasteiger partial charge on any atom is -0.481 e. The second-order valence-corrected chi connectivity index (χ2v) is 10.4. The molecule has 4 N–H and O–H groups in total. The van der Waals surface area contributed by atoms with Gasteiger partial charge in [0, 0.05) is 30.1 Å². The van der Waals surface area contributed by atoms with E-state index < -0.39 is 51.7 Å². The quantitative estimate of drug-likeness (QED) is 0.235. The van der Waals surface area contributed by atoms with Crippen LogP contribution in [0.5, 0.6) is 11.5 Å². The van der Waals surface area contributed by atoms with Crippen LogP contribution in [0.4, 0.5) is 17.6 Å². The Kier molecular flexibility index (Phi) is 7.94. The first-order valence-electron chi connectivity index (χ1n) is 12.8. The van der Waals surface area contributed by atoms with Crippen LogP contribution in [0.15, 0.2) is 48.5 Å². The van der Waals surface area contributed by atoms with E-state index in [2.05, 4.69) is 10.1 Å². The maximum absolute atomic E-state index is 15.8. The number of rotatable bonds is 8. The van der Waals surface area contributed by atoms with E-state index in [0.29, 0.717) is 30.7 Å². The van der Waals surface area contributed by atoms with Crippen molar-refractivity contribution in [3.63, 3.8) is 0 Å². The van der Waals surface area contributed by atoms with E-state index in [9.17, 15) is 18.7 Å². The Labute approximate surface area is 233 Å². The third kappa shape index (κ3) is 5.23. The average Bonchev–Trinajstić information content (AvgIpc) is 3.33. The van der Waals surface area contributed by atoms with Crippen molar-refractivity contribution < 1.29 is 36.9 Å². The molecule has 0 aromatic heterocycles. The number of aliphatic hydroxyl groups is 1. The van der Waals surface area contributed by atoms with Crippen molar-refractivity contribution in [2.75, 3.05) is 6.54 Å². The highest BCUT2D eigenvalue weighted by atomic mass is 35.5. The van der Waals surface area contributed by atoms with Gasteiger partial charge >= 0.3 is 6.61 Å². The molecule has 1 saturated carbocycles. The molecule has 2 aliphatic rings. The molecule has 0 radical (unpaired) electrons. The van der Waals surface area contributed by atoms with E-state index in [1.807, 2.05) is 30.3 Å². The van der Waals surface area contributed by atoms with E-state index in [-0.39, 0.29) is 24.1 Å².